The smallest absolute Gasteiger partial charge is 0.271 e. The van der Waals surface area contributed by atoms with E-state index < -0.39 is 11.7 Å². The molecule has 0 aromatic heterocycles. The van der Waals surface area contributed by atoms with Gasteiger partial charge in [0.15, 0.2) is 0 Å². The highest BCUT2D eigenvalue weighted by Crippen LogP contribution is 2.15. The lowest BCUT2D eigenvalue weighted by molar-refractivity contribution is 0.0955. The maximum Gasteiger partial charge on any atom is 0.271 e. The van der Waals surface area contributed by atoms with Crippen molar-refractivity contribution in [2.45, 2.75) is 0 Å². The van der Waals surface area contributed by atoms with Crippen LogP contribution in [0.5, 0.6) is 5.75 Å². The third-order valence-corrected chi connectivity index (χ3v) is 2.99. The van der Waals surface area contributed by atoms with Crippen LogP contribution in [0.3, 0.4) is 0 Å². The molecule has 4 nitrogen and oxygen atoms in total. The van der Waals surface area contributed by atoms with Crippen LogP contribution in [0.4, 0.5) is 4.39 Å². The number of halogens is 2. The minimum absolute atomic E-state index is 0.118. The molecule has 2 aromatic carbocycles. The monoisotopic (exact) mass is 336 g/mol. The molecule has 102 valence electrons. The van der Waals surface area contributed by atoms with Gasteiger partial charge in [0.25, 0.3) is 5.91 Å². The van der Waals surface area contributed by atoms with Crippen LogP contribution >= 0.6 is 15.9 Å². The van der Waals surface area contributed by atoms with Gasteiger partial charge in [-0.3, -0.25) is 4.79 Å². The summed E-state index contributed by atoms with van der Waals surface area (Å²) >= 11 is 3.27. The first kappa shape index (κ1) is 14.2. The molecule has 20 heavy (non-hydrogen) atoms. The van der Waals surface area contributed by atoms with Crippen LogP contribution in [0.2, 0.25) is 0 Å². The number of carbonyl (C=O) groups is 1. The number of amides is 1. The molecule has 2 N–H and O–H groups in total. The Morgan fingerprint density at radius 1 is 1.25 bits per heavy atom. The number of aromatic hydroxyl groups is 1. The van der Waals surface area contributed by atoms with Crippen LogP contribution in [0.25, 0.3) is 0 Å². The Morgan fingerprint density at radius 2 is 1.95 bits per heavy atom. The van der Waals surface area contributed by atoms with Crippen LogP contribution in [0.15, 0.2) is 52.0 Å². The molecule has 0 saturated heterocycles. The number of carbonyl (C=O) groups excluding carboxylic acids is 1. The van der Waals surface area contributed by atoms with E-state index in [2.05, 4.69) is 26.5 Å². The summed E-state index contributed by atoms with van der Waals surface area (Å²) in [5.41, 5.74) is 2.92. The Bertz CT molecular complexity index is 657. The zero-order chi connectivity index (χ0) is 14.5. The number of hydrogen-bond acceptors (Lipinski definition) is 3. The van der Waals surface area contributed by atoms with Gasteiger partial charge in [0.1, 0.15) is 11.6 Å². The van der Waals surface area contributed by atoms with E-state index in [1.807, 2.05) is 0 Å². The van der Waals surface area contributed by atoms with Crippen molar-refractivity contribution in [1.29, 1.82) is 0 Å². The first-order valence-electron chi connectivity index (χ1n) is 5.64. The largest absolute Gasteiger partial charge is 0.507 e. The molecule has 6 heteroatoms. The van der Waals surface area contributed by atoms with Crippen LogP contribution in [0, 0.1) is 5.82 Å². The molecule has 0 unspecified atom stereocenters. The van der Waals surface area contributed by atoms with Gasteiger partial charge in [-0.2, -0.15) is 5.10 Å². The second kappa shape index (κ2) is 6.29. The Balaban J connectivity index is 2.04. The summed E-state index contributed by atoms with van der Waals surface area (Å²) in [6.07, 6.45) is 1.18. The second-order valence-electron chi connectivity index (χ2n) is 3.91. The summed E-state index contributed by atoms with van der Waals surface area (Å²) in [5, 5.41) is 13.2. The molecule has 0 saturated carbocycles. The average Bonchev–Trinajstić information content (AvgIpc) is 2.43. The van der Waals surface area contributed by atoms with E-state index in [0.717, 1.165) is 16.6 Å². The lowest BCUT2D eigenvalue weighted by Crippen LogP contribution is -2.17. The summed E-state index contributed by atoms with van der Waals surface area (Å²) in [7, 11) is 0. The SMILES string of the molecule is O=C(N/N=C\c1cc(F)ccc1O)c1ccc(Br)cc1. The Labute approximate surface area is 123 Å². The molecular formula is C14H10BrFN2O2. The Hall–Kier alpha value is -2.21. The van der Waals surface area contributed by atoms with Crippen molar-refractivity contribution in [3.63, 3.8) is 0 Å². The highest BCUT2D eigenvalue weighted by molar-refractivity contribution is 9.10. The zero-order valence-corrected chi connectivity index (χ0v) is 11.8. The van der Waals surface area contributed by atoms with Crippen molar-refractivity contribution < 1.29 is 14.3 Å². The quantitative estimate of drug-likeness (QED) is 0.668. The highest BCUT2D eigenvalue weighted by Gasteiger charge is 2.04. The van der Waals surface area contributed by atoms with E-state index in [0.29, 0.717) is 5.56 Å². The van der Waals surface area contributed by atoms with E-state index in [-0.39, 0.29) is 11.3 Å². The van der Waals surface area contributed by atoms with E-state index in [1.54, 1.807) is 24.3 Å². The van der Waals surface area contributed by atoms with Crippen molar-refractivity contribution in [1.82, 2.24) is 5.43 Å². The van der Waals surface area contributed by atoms with Gasteiger partial charge >= 0.3 is 0 Å². The molecule has 0 aliphatic carbocycles. The van der Waals surface area contributed by atoms with E-state index in [1.165, 1.54) is 12.3 Å². The van der Waals surface area contributed by atoms with Gasteiger partial charge in [-0.05, 0) is 42.5 Å². The predicted octanol–water partition coefficient (Wildman–Crippen LogP) is 3.06. The van der Waals surface area contributed by atoms with Crippen molar-refractivity contribution >= 4 is 28.1 Å². The maximum absolute atomic E-state index is 13.0. The fourth-order valence-electron chi connectivity index (χ4n) is 1.46. The van der Waals surface area contributed by atoms with Gasteiger partial charge < -0.3 is 5.11 Å². The molecule has 1 amide bonds. The summed E-state index contributed by atoms with van der Waals surface area (Å²) in [4.78, 5) is 11.7. The number of nitrogens with zero attached hydrogens (tertiary/aromatic N) is 1. The van der Waals surface area contributed by atoms with Gasteiger partial charge in [-0.25, -0.2) is 9.82 Å². The fraction of sp³-hybridized carbons (Fsp3) is 0. The van der Waals surface area contributed by atoms with E-state index in [4.69, 9.17) is 0 Å². The summed E-state index contributed by atoms with van der Waals surface area (Å²) < 4.78 is 13.8. The van der Waals surface area contributed by atoms with Gasteiger partial charge in [-0.15, -0.1) is 0 Å². The predicted molar refractivity (Wildman–Crippen MR) is 77.3 cm³/mol. The molecule has 0 aliphatic heterocycles. The minimum atomic E-state index is -0.497. The van der Waals surface area contributed by atoms with Crippen molar-refractivity contribution in [2.75, 3.05) is 0 Å². The Kier molecular flexibility index (Phi) is 4.47. The van der Waals surface area contributed by atoms with Gasteiger partial charge in [-0.1, -0.05) is 15.9 Å². The highest BCUT2D eigenvalue weighted by atomic mass is 79.9. The van der Waals surface area contributed by atoms with Crippen LogP contribution in [-0.2, 0) is 0 Å². The average molecular weight is 337 g/mol. The third-order valence-electron chi connectivity index (χ3n) is 2.47. The van der Waals surface area contributed by atoms with Gasteiger partial charge in [0.2, 0.25) is 0 Å². The van der Waals surface area contributed by atoms with Crippen molar-refractivity contribution in [3.8, 4) is 5.75 Å². The van der Waals surface area contributed by atoms with Gasteiger partial charge in [0, 0.05) is 15.6 Å². The van der Waals surface area contributed by atoms with Crippen molar-refractivity contribution in [3.05, 3.63) is 63.9 Å². The van der Waals surface area contributed by atoms with E-state index in [9.17, 15) is 14.3 Å². The van der Waals surface area contributed by atoms with Gasteiger partial charge in [0.05, 0.1) is 6.21 Å². The molecule has 0 atom stereocenters. The maximum atomic E-state index is 13.0. The molecular weight excluding hydrogens is 327 g/mol. The summed E-state index contributed by atoms with van der Waals surface area (Å²) in [6.45, 7) is 0. The van der Waals surface area contributed by atoms with Crippen LogP contribution in [-0.4, -0.2) is 17.2 Å². The number of rotatable bonds is 3. The molecule has 0 bridgehead atoms. The summed E-state index contributed by atoms with van der Waals surface area (Å²) in [6, 6.07) is 10.2. The molecule has 0 fully saturated rings. The number of hydrogen-bond donors (Lipinski definition) is 2. The third kappa shape index (κ3) is 3.64. The van der Waals surface area contributed by atoms with E-state index >= 15 is 0 Å². The molecule has 2 rings (SSSR count). The van der Waals surface area contributed by atoms with Crippen LogP contribution in [0.1, 0.15) is 15.9 Å². The topological polar surface area (TPSA) is 61.7 Å². The summed E-state index contributed by atoms with van der Waals surface area (Å²) in [5.74, 6) is -1.01. The second-order valence-corrected chi connectivity index (χ2v) is 4.82. The Morgan fingerprint density at radius 3 is 2.65 bits per heavy atom. The van der Waals surface area contributed by atoms with Crippen LogP contribution < -0.4 is 5.43 Å². The number of nitrogens with one attached hydrogen (secondary N) is 1. The van der Waals surface area contributed by atoms with Crippen molar-refractivity contribution in [2.24, 2.45) is 5.10 Å². The molecule has 0 aliphatic rings. The molecule has 2 aromatic rings. The fourth-order valence-corrected chi connectivity index (χ4v) is 1.72. The minimum Gasteiger partial charge on any atom is -0.507 e. The number of benzene rings is 2. The number of phenols is 1. The molecule has 0 heterocycles. The lowest BCUT2D eigenvalue weighted by Gasteiger charge is -2.01. The zero-order valence-electron chi connectivity index (χ0n) is 10.2. The molecule has 0 spiro atoms. The first-order chi connectivity index (χ1) is 9.56. The first-order valence-corrected chi connectivity index (χ1v) is 6.43. The standard InChI is InChI=1S/C14H10BrFN2O2/c15-11-3-1-9(2-4-11)14(20)18-17-8-10-7-12(16)5-6-13(10)19/h1-8,19H,(H,18,20)/b17-8-. The lowest BCUT2D eigenvalue weighted by atomic mass is 10.2. The normalized spacial score (nSPS) is 10.7. The number of hydrazone groups is 1. The molecule has 0 radical (unpaired) electrons. The number of phenolic OH excluding ortho intramolecular Hbond substituents is 1.